The van der Waals surface area contributed by atoms with Gasteiger partial charge >= 0.3 is 0 Å². The maximum atomic E-state index is 8.68. The molecule has 1 aromatic rings. The summed E-state index contributed by atoms with van der Waals surface area (Å²) in [5, 5.41) is 8.68. The van der Waals surface area contributed by atoms with E-state index in [0.717, 1.165) is 11.1 Å². The molecule has 1 N–H and O–H groups in total. The molecule has 0 aromatic carbocycles. The van der Waals surface area contributed by atoms with E-state index >= 15 is 0 Å². The highest BCUT2D eigenvalue weighted by molar-refractivity contribution is 5.45. The molecule has 0 amide bonds. The molecular weight excluding hydrogens is 126 g/mol. The second-order valence-corrected chi connectivity index (χ2v) is 1.99. The van der Waals surface area contributed by atoms with Crippen LogP contribution >= 0.6 is 0 Å². The predicted molar refractivity (Wildman–Crippen MR) is 40.3 cm³/mol. The third-order valence-corrected chi connectivity index (χ3v) is 1.23. The van der Waals surface area contributed by atoms with Crippen molar-refractivity contribution in [3.05, 3.63) is 36.2 Å². The Labute approximate surface area is 59.9 Å². The molecular formula is C8H9NO. The molecule has 0 saturated heterocycles. The fourth-order valence-electron chi connectivity index (χ4n) is 0.706. The molecule has 1 rings (SSSR count). The summed E-state index contributed by atoms with van der Waals surface area (Å²) in [6.07, 6.45) is 5.03. The summed E-state index contributed by atoms with van der Waals surface area (Å²) in [7, 11) is 0. The van der Waals surface area contributed by atoms with Crippen LogP contribution in [0.25, 0.3) is 6.08 Å². The Kier molecular flexibility index (Phi) is 2.18. The Morgan fingerprint density at radius 1 is 1.60 bits per heavy atom. The largest absolute Gasteiger partial charge is 0.392 e. The van der Waals surface area contributed by atoms with Crippen molar-refractivity contribution in [1.82, 2.24) is 4.98 Å². The first kappa shape index (κ1) is 6.96. The molecule has 0 aliphatic rings. The van der Waals surface area contributed by atoms with Crippen molar-refractivity contribution >= 4 is 6.08 Å². The number of hydrogen-bond donors (Lipinski definition) is 1. The molecule has 52 valence electrons. The molecule has 1 heterocycles. The maximum absolute atomic E-state index is 8.68. The second kappa shape index (κ2) is 3.13. The van der Waals surface area contributed by atoms with E-state index in [1.165, 1.54) is 0 Å². The molecule has 0 fully saturated rings. The fraction of sp³-hybridized carbons (Fsp3) is 0.125. The molecule has 0 spiro atoms. The smallest absolute Gasteiger partial charge is 0.0697 e. The molecule has 0 saturated carbocycles. The van der Waals surface area contributed by atoms with E-state index in [-0.39, 0.29) is 6.61 Å². The second-order valence-electron chi connectivity index (χ2n) is 1.99. The molecule has 2 nitrogen and oxygen atoms in total. The number of rotatable bonds is 2. The average molecular weight is 135 g/mol. The van der Waals surface area contributed by atoms with Gasteiger partial charge in [-0.1, -0.05) is 12.7 Å². The summed E-state index contributed by atoms with van der Waals surface area (Å²) in [5.74, 6) is 0. The van der Waals surface area contributed by atoms with Crippen molar-refractivity contribution < 1.29 is 5.11 Å². The minimum absolute atomic E-state index is 0.0364. The van der Waals surface area contributed by atoms with E-state index in [9.17, 15) is 0 Å². The van der Waals surface area contributed by atoms with Crippen LogP contribution in [0.4, 0.5) is 0 Å². The molecule has 0 unspecified atom stereocenters. The Morgan fingerprint density at radius 2 is 2.40 bits per heavy atom. The Hall–Kier alpha value is -1.15. The van der Waals surface area contributed by atoms with Gasteiger partial charge < -0.3 is 5.11 Å². The van der Waals surface area contributed by atoms with Crippen LogP contribution in [0.3, 0.4) is 0 Å². The molecule has 2 heteroatoms. The van der Waals surface area contributed by atoms with Gasteiger partial charge in [0.25, 0.3) is 0 Å². The quantitative estimate of drug-likeness (QED) is 0.661. The minimum Gasteiger partial charge on any atom is -0.392 e. The zero-order valence-corrected chi connectivity index (χ0v) is 5.62. The third kappa shape index (κ3) is 1.42. The average Bonchev–Trinajstić information content (AvgIpc) is 2.05. The van der Waals surface area contributed by atoms with Crippen molar-refractivity contribution in [2.45, 2.75) is 6.61 Å². The maximum Gasteiger partial charge on any atom is 0.0697 e. The van der Waals surface area contributed by atoms with E-state index in [2.05, 4.69) is 11.6 Å². The topological polar surface area (TPSA) is 33.1 Å². The summed E-state index contributed by atoms with van der Waals surface area (Å²) < 4.78 is 0. The van der Waals surface area contributed by atoms with E-state index in [4.69, 9.17) is 5.11 Å². The molecule has 1 aromatic heterocycles. The molecule has 0 radical (unpaired) electrons. The highest BCUT2D eigenvalue weighted by atomic mass is 16.3. The van der Waals surface area contributed by atoms with Gasteiger partial charge in [-0.25, -0.2) is 0 Å². The number of nitrogens with zero attached hydrogens (tertiary/aromatic N) is 1. The van der Waals surface area contributed by atoms with Gasteiger partial charge in [-0.15, -0.1) is 0 Å². The standard InChI is InChI=1S/C8H9NO/c1-2-7-3-8(6-10)5-9-4-7/h2-5,10H,1,6H2. The van der Waals surface area contributed by atoms with Gasteiger partial charge in [-0.3, -0.25) is 4.98 Å². The van der Waals surface area contributed by atoms with Gasteiger partial charge in [-0.2, -0.15) is 0 Å². The van der Waals surface area contributed by atoms with Crippen molar-refractivity contribution in [2.24, 2.45) is 0 Å². The number of pyridine rings is 1. The highest BCUT2D eigenvalue weighted by Gasteiger charge is 1.89. The molecule has 0 aliphatic carbocycles. The minimum atomic E-state index is 0.0364. The first-order valence-electron chi connectivity index (χ1n) is 3.04. The molecule has 0 aliphatic heterocycles. The van der Waals surface area contributed by atoms with Crippen molar-refractivity contribution in [3.63, 3.8) is 0 Å². The zero-order chi connectivity index (χ0) is 7.40. The monoisotopic (exact) mass is 135 g/mol. The van der Waals surface area contributed by atoms with Crippen LogP contribution in [0.5, 0.6) is 0 Å². The highest BCUT2D eigenvalue weighted by Crippen LogP contribution is 2.02. The van der Waals surface area contributed by atoms with E-state index in [1.54, 1.807) is 18.5 Å². The van der Waals surface area contributed by atoms with Gasteiger partial charge in [0.1, 0.15) is 0 Å². The van der Waals surface area contributed by atoms with Crippen LogP contribution in [-0.4, -0.2) is 10.1 Å². The number of hydrogen-bond acceptors (Lipinski definition) is 2. The lowest BCUT2D eigenvalue weighted by molar-refractivity contribution is 0.281. The lowest BCUT2D eigenvalue weighted by Crippen LogP contribution is -1.85. The first-order valence-corrected chi connectivity index (χ1v) is 3.04. The van der Waals surface area contributed by atoms with Crippen LogP contribution in [0, 0.1) is 0 Å². The zero-order valence-electron chi connectivity index (χ0n) is 5.62. The van der Waals surface area contributed by atoms with E-state index in [1.807, 2.05) is 6.07 Å². The molecule has 0 atom stereocenters. The van der Waals surface area contributed by atoms with Crippen LogP contribution in [-0.2, 0) is 6.61 Å². The summed E-state index contributed by atoms with van der Waals surface area (Å²) >= 11 is 0. The summed E-state index contributed by atoms with van der Waals surface area (Å²) in [5.41, 5.74) is 1.75. The number of aromatic nitrogens is 1. The van der Waals surface area contributed by atoms with Gasteiger partial charge in [-0.05, 0) is 17.2 Å². The molecule has 10 heavy (non-hydrogen) atoms. The van der Waals surface area contributed by atoms with Crippen LogP contribution < -0.4 is 0 Å². The fourth-order valence-corrected chi connectivity index (χ4v) is 0.706. The van der Waals surface area contributed by atoms with Crippen LogP contribution in [0.1, 0.15) is 11.1 Å². The SMILES string of the molecule is C=Cc1cncc(CO)c1. The van der Waals surface area contributed by atoms with Gasteiger partial charge in [0, 0.05) is 12.4 Å². The number of aliphatic hydroxyl groups excluding tert-OH is 1. The summed E-state index contributed by atoms with van der Waals surface area (Å²) in [4.78, 5) is 3.90. The van der Waals surface area contributed by atoms with Crippen LogP contribution in [0.15, 0.2) is 25.0 Å². The predicted octanol–water partition coefficient (Wildman–Crippen LogP) is 1.22. The van der Waals surface area contributed by atoms with Gasteiger partial charge in [0.15, 0.2) is 0 Å². The Balaban J connectivity index is 2.98. The first-order chi connectivity index (χ1) is 4.86. The number of aliphatic hydroxyl groups is 1. The Bertz CT molecular complexity index is 232. The van der Waals surface area contributed by atoms with E-state index in [0.29, 0.717) is 0 Å². The van der Waals surface area contributed by atoms with Gasteiger partial charge in [0.2, 0.25) is 0 Å². The lowest BCUT2D eigenvalue weighted by Gasteiger charge is -1.94. The van der Waals surface area contributed by atoms with Crippen molar-refractivity contribution in [1.29, 1.82) is 0 Å². The third-order valence-electron chi connectivity index (χ3n) is 1.23. The summed E-state index contributed by atoms with van der Waals surface area (Å²) in [6.45, 7) is 3.62. The van der Waals surface area contributed by atoms with Crippen molar-refractivity contribution in [2.75, 3.05) is 0 Å². The van der Waals surface area contributed by atoms with Crippen LogP contribution in [0.2, 0.25) is 0 Å². The van der Waals surface area contributed by atoms with Crippen molar-refractivity contribution in [3.8, 4) is 0 Å². The lowest BCUT2D eigenvalue weighted by atomic mass is 10.2. The Morgan fingerprint density at radius 3 is 3.00 bits per heavy atom. The molecule has 0 bridgehead atoms. The normalized spacial score (nSPS) is 9.30. The summed E-state index contributed by atoms with van der Waals surface area (Å²) in [6, 6.07) is 1.85. The van der Waals surface area contributed by atoms with Gasteiger partial charge in [0.05, 0.1) is 6.61 Å². The van der Waals surface area contributed by atoms with E-state index < -0.39 is 0 Å².